The van der Waals surface area contributed by atoms with E-state index in [0.29, 0.717) is 0 Å². The van der Waals surface area contributed by atoms with Gasteiger partial charge >= 0.3 is 0 Å². The molecule has 0 spiro atoms. The highest BCUT2D eigenvalue weighted by Crippen LogP contribution is 2.13. The number of pyridine rings is 1. The summed E-state index contributed by atoms with van der Waals surface area (Å²) in [7, 11) is 1.68. The van der Waals surface area contributed by atoms with Crippen molar-refractivity contribution >= 4 is 0 Å². The Morgan fingerprint density at radius 2 is 1.95 bits per heavy atom. The number of aryl methyl sites for hydroxylation is 1. The van der Waals surface area contributed by atoms with E-state index in [2.05, 4.69) is 17.1 Å². The largest absolute Gasteiger partial charge is 0.497 e. The van der Waals surface area contributed by atoms with Gasteiger partial charge in [0.05, 0.1) is 7.11 Å². The van der Waals surface area contributed by atoms with E-state index >= 15 is 0 Å². The molecule has 1 aromatic carbocycles. The zero-order chi connectivity index (χ0) is 13.5. The van der Waals surface area contributed by atoms with Crippen LogP contribution < -0.4 is 10.5 Å². The summed E-state index contributed by atoms with van der Waals surface area (Å²) in [6.45, 7) is 0. The number of ether oxygens (including phenoxy) is 1. The third-order valence-electron chi connectivity index (χ3n) is 3.16. The number of hydrogen-bond acceptors (Lipinski definition) is 3. The van der Waals surface area contributed by atoms with Gasteiger partial charge in [-0.3, -0.25) is 4.98 Å². The maximum absolute atomic E-state index is 6.14. The minimum atomic E-state index is 0.150. The van der Waals surface area contributed by atoms with Crippen molar-refractivity contribution in [3.05, 3.63) is 59.9 Å². The van der Waals surface area contributed by atoms with Crippen LogP contribution in [-0.2, 0) is 12.8 Å². The van der Waals surface area contributed by atoms with Crippen molar-refractivity contribution in [3.8, 4) is 5.75 Å². The summed E-state index contributed by atoms with van der Waals surface area (Å²) >= 11 is 0. The molecule has 0 aliphatic heterocycles. The molecule has 0 aliphatic carbocycles. The summed E-state index contributed by atoms with van der Waals surface area (Å²) in [5, 5.41) is 0. The van der Waals surface area contributed by atoms with Crippen molar-refractivity contribution in [3.63, 3.8) is 0 Å². The number of rotatable bonds is 6. The van der Waals surface area contributed by atoms with Gasteiger partial charge in [0.1, 0.15) is 5.75 Å². The lowest BCUT2D eigenvalue weighted by atomic mass is 10.0. The second kappa shape index (κ2) is 6.90. The molecule has 2 aromatic rings. The molecule has 3 heteroatoms. The minimum Gasteiger partial charge on any atom is -0.497 e. The van der Waals surface area contributed by atoms with Gasteiger partial charge in [-0.1, -0.05) is 18.2 Å². The standard InChI is InChI=1S/C16H20N2O/c1-19-16-9-6-13(7-10-16)5-8-14(17)12-15-4-2-3-11-18-15/h2-4,6-7,9-11,14H,5,8,12,17H2,1H3. The molecular formula is C16H20N2O. The van der Waals surface area contributed by atoms with Crippen LogP contribution in [-0.4, -0.2) is 18.1 Å². The fourth-order valence-electron chi connectivity index (χ4n) is 2.03. The summed E-state index contributed by atoms with van der Waals surface area (Å²) in [5.74, 6) is 0.890. The molecule has 1 unspecified atom stereocenters. The molecule has 2 N–H and O–H groups in total. The van der Waals surface area contributed by atoms with Gasteiger partial charge < -0.3 is 10.5 Å². The fraction of sp³-hybridized carbons (Fsp3) is 0.312. The number of nitrogens with two attached hydrogens (primary N) is 1. The highest BCUT2D eigenvalue weighted by atomic mass is 16.5. The second-order valence-corrected chi connectivity index (χ2v) is 4.67. The summed E-state index contributed by atoms with van der Waals surface area (Å²) in [6.07, 6.45) is 4.59. The Morgan fingerprint density at radius 3 is 2.58 bits per heavy atom. The van der Waals surface area contributed by atoms with Gasteiger partial charge in [-0.15, -0.1) is 0 Å². The smallest absolute Gasteiger partial charge is 0.118 e. The molecule has 19 heavy (non-hydrogen) atoms. The van der Waals surface area contributed by atoms with Crippen molar-refractivity contribution in [1.82, 2.24) is 4.98 Å². The lowest BCUT2D eigenvalue weighted by Crippen LogP contribution is -2.23. The highest BCUT2D eigenvalue weighted by molar-refractivity contribution is 5.27. The maximum Gasteiger partial charge on any atom is 0.118 e. The molecule has 3 nitrogen and oxygen atoms in total. The first-order chi connectivity index (χ1) is 9.28. The average Bonchev–Trinajstić information content (AvgIpc) is 2.47. The first-order valence-corrected chi connectivity index (χ1v) is 6.56. The molecule has 1 aromatic heterocycles. The lowest BCUT2D eigenvalue weighted by Gasteiger charge is -2.11. The van der Waals surface area contributed by atoms with E-state index in [1.807, 2.05) is 36.5 Å². The van der Waals surface area contributed by atoms with Gasteiger partial charge in [-0.2, -0.15) is 0 Å². The van der Waals surface area contributed by atoms with Gasteiger partial charge in [0.15, 0.2) is 0 Å². The molecule has 0 saturated carbocycles. The van der Waals surface area contributed by atoms with Crippen LogP contribution in [0.4, 0.5) is 0 Å². The van der Waals surface area contributed by atoms with Gasteiger partial charge in [0.25, 0.3) is 0 Å². The van der Waals surface area contributed by atoms with Crippen molar-refractivity contribution in [2.24, 2.45) is 5.73 Å². The molecule has 0 fully saturated rings. The summed E-state index contributed by atoms with van der Waals surface area (Å²) in [6, 6.07) is 14.2. The van der Waals surface area contributed by atoms with Gasteiger partial charge in [-0.25, -0.2) is 0 Å². The van der Waals surface area contributed by atoms with Crippen molar-refractivity contribution in [2.45, 2.75) is 25.3 Å². The third-order valence-corrected chi connectivity index (χ3v) is 3.16. The van der Waals surface area contributed by atoms with Crippen LogP contribution in [0.5, 0.6) is 5.75 Å². The SMILES string of the molecule is COc1ccc(CCC(N)Cc2ccccn2)cc1. The van der Waals surface area contributed by atoms with E-state index in [9.17, 15) is 0 Å². The molecule has 1 heterocycles. The van der Waals surface area contributed by atoms with Gasteiger partial charge in [0, 0.05) is 24.4 Å². The highest BCUT2D eigenvalue weighted by Gasteiger charge is 2.05. The van der Waals surface area contributed by atoms with Crippen molar-refractivity contribution in [1.29, 1.82) is 0 Å². The second-order valence-electron chi connectivity index (χ2n) is 4.67. The van der Waals surface area contributed by atoms with Crippen LogP contribution in [0, 0.1) is 0 Å². The van der Waals surface area contributed by atoms with Crippen LogP contribution in [0.15, 0.2) is 48.7 Å². The Morgan fingerprint density at radius 1 is 1.16 bits per heavy atom. The van der Waals surface area contributed by atoms with E-state index in [4.69, 9.17) is 10.5 Å². The third kappa shape index (κ3) is 4.38. The first-order valence-electron chi connectivity index (χ1n) is 6.56. The number of nitrogens with zero attached hydrogens (tertiary/aromatic N) is 1. The van der Waals surface area contributed by atoms with Crippen LogP contribution in [0.25, 0.3) is 0 Å². The van der Waals surface area contributed by atoms with E-state index in [1.165, 1.54) is 5.56 Å². The summed E-state index contributed by atoms with van der Waals surface area (Å²) in [4.78, 5) is 4.30. The first kappa shape index (κ1) is 13.6. The average molecular weight is 256 g/mol. The van der Waals surface area contributed by atoms with Crippen LogP contribution >= 0.6 is 0 Å². The zero-order valence-corrected chi connectivity index (χ0v) is 11.3. The van der Waals surface area contributed by atoms with Crippen LogP contribution in [0.3, 0.4) is 0 Å². The summed E-state index contributed by atoms with van der Waals surface area (Å²) in [5.41, 5.74) is 8.49. The Kier molecular flexibility index (Phi) is 4.93. The quantitative estimate of drug-likeness (QED) is 0.864. The number of hydrogen-bond donors (Lipinski definition) is 1. The Labute approximate surface area is 114 Å². The molecule has 0 saturated heterocycles. The Balaban J connectivity index is 1.81. The fourth-order valence-corrected chi connectivity index (χ4v) is 2.03. The molecule has 2 rings (SSSR count). The van der Waals surface area contributed by atoms with Gasteiger partial charge in [-0.05, 0) is 42.7 Å². The maximum atomic E-state index is 6.14. The van der Waals surface area contributed by atoms with Crippen LogP contribution in [0.2, 0.25) is 0 Å². The monoisotopic (exact) mass is 256 g/mol. The molecular weight excluding hydrogens is 236 g/mol. The summed E-state index contributed by atoms with van der Waals surface area (Å²) < 4.78 is 5.14. The van der Waals surface area contributed by atoms with Crippen LogP contribution in [0.1, 0.15) is 17.7 Å². The molecule has 0 radical (unpaired) electrons. The molecule has 100 valence electrons. The van der Waals surface area contributed by atoms with Gasteiger partial charge in [0.2, 0.25) is 0 Å². The number of aromatic nitrogens is 1. The lowest BCUT2D eigenvalue weighted by molar-refractivity contribution is 0.414. The molecule has 0 amide bonds. The van der Waals surface area contributed by atoms with Crippen molar-refractivity contribution < 1.29 is 4.74 Å². The molecule has 1 atom stereocenters. The normalized spacial score (nSPS) is 12.1. The van der Waals surface area contributed by atoms with Crippen molar-refractivity contribution in [2.75, 3.05) is 7.11 Å². The van der Waals surface area contributed by atoms with E-state index in [-0.39, 0.29) is 6.04 Å². The topological polar surface area (TPSA) is 48.1 Å². The Hall–Kier alpha value is -1.87. The predicted octanol–water partition coefficient (Wildman–Crippen LogP) is 2.59. The molecule has 0 bridgehead atoms. The van der Waals surface area contributed by atoms with E-state index < -0.39 is 0 Å². The minimum absolute atomic E-state index is 0.150. The zero-order valence-electron chi connectivity index (χ0n) is 11.3. The number of methoxy groups -OCH3 is 1. The predicted molar refractivity (Wildman–Crippen MR) is 77.2 cm³/mol. The van der Waals surface area contributed by atoms with E-state index in [0.717, 1.165) is 30.7 Å². The van der Waals surface area contributed by atoms with E-state index in [1.54, 1.807) is 7.11 Å². The Bertz CT molecular complexity index is 482. The molecule has 0 aliphatic rings. The number of benzene rings is 1.